The van der Waals surface area contributed by atoms with Crippen LogP contribution in [-0.2, 0) is 19.1 Å². The highest BCUT2D eigenvalue weighted by atomic mass is 16.5. The first-order valence-corrected chi connectivity index (χ1v) is 5.81. The third kappa shape index (κ3) is 6.67. The predicted octanol–water partition coefficient (Wildman–Crippen LogP) is 0.122. The Hall–Kier alpha value is -1.85. The Bertz CT molecular complexity index is 337. The third-order valence-electron chi connectivity index (χ3n) is 2.10. The second-order valence-electron chi connectivity index (χ2n) is 4.01. The van der Waals surface area contributed by atoms with Crippen LogP contribution < -0.4 is 11.1 Å². The van der Waals surface area contributed by atoms with E-state index >= 15 is 0 Å². The maximum Gasteiger partial charge on any atom is 0.330 e. The summed E-state index contributed by atoms with van der Waals surface area (Å²) in [5.74, 6) is -1.63. The van der Waals surface area contributed by atoms with Gasteiger partial charge in [0, 0.05) is 12.0 Å². The van der Waals surface area contributed by atoms with Crippen LogP contribution in [0.4, 0.5) is 0 Å². The van der Waals surface area contributed by atoms with Crippen molar-refractivity contribution in [2.75, 3.05) is 6.61 Å². The largest absolute Gasteiger partial charge is 0.463 e. The van der Waals surface area contributed by atoms with E-state index in [0.717, 1.165) is 0 Å². The highest BCUT2D eigenvalue weighted by Gasteiger charge is 2.18. The van der Waals surface area contributed by atoms with Gasteiger partial charge in [-0.1, -0.05) is 19.9 Å². The smallest absolute Gasteiger partial charge is 0.330 e. The van der Waals surface area contributed by atoms with Gasteiger partial charge in [-0.3, -0.25) is 9.59 Å². The average molecular weight is 256 g/mol. The minimum Gasteiger partial charge on any atom is -0.463 e. The number of esters is 1. The first kappa shape index (κ1) is 16.1. The molecule has 2 amide bonds. The molecule has 0 bridgehead atoms. The monoisotopic (exact) mass is 256 g/mol. The van der Waals surface area contributed by atoms with Crippen molar-refractivity contribution in [3.8, 4) is 0 Å². The van der Waals surface area contributed by atoms with Gasteiger partial charge in [0.25, 0.3) is 0 Å². The zero-order chi connectivity index (χ0) is 14.1. The molecule has 0 aromatic rings. The normalized spacial score (nSPS) is 12.4. The lowest BCUT2D eigenvalue weighted by Gasteiger charge is -2.15. The molecular formula is C12H20N2O4. The standard InChI is InChI=1S/C12H20N2O4/c1-4-18-10(15)7-5-6-9(11(13)16)14-12(17)8(2)3/h5,7-9H,4,6H2,1-3H3,(H2,13,16)(H,14,17)/b7-5+/t9-/m1/s1. The highest BCUT2D eigenvalue weighted by Crippen LogP contribution is 1.98. The van der Waals surface area contributed by atoms with E-state index in [-0.39, 0.29) is 24.9 Å². The predicted molar refractivity (Wildman–Crippen MR) is 66.4 cm³/mol. The molecule has 0 rings (SSSR count). The lowest BCUT2D eigenvalue weighted by molar-refractivity contribution is -0.137. The van der Waals surface area contributed by atoms with Crippen LogP contribution in [0.3, 0.4) is 0 Å². The Morgan fingerprint density at radius 2 is 1.94 bits per heavy atom. The van der Waals surface area contributed by atoms with E-state index in [2.05, 4.69) is 10.1 Å². The molecular weight excluding hydrogens is 236 g/mol. The van der Waals surface area contributed by atoms with Crippen molar-refractivity contribution in [1.82, 2.24) is 5.32 Å². The fraction of sp³-hybridized carbons (Fsp3) is 0.583. The molecule has 0 spiro atoms. The van der Waals surface area contributed by atoms with Gasteiger partial charge < -0.3 is 15.8 Å². The van der Waals surface area contributed by atoms with Crippen molar-refractivity contribution in [1.29, 1.82) is 0 Å². The summed E-state index contributed by atoms with van der Waals surface area (Å²) in [6, 6.07) is -0.814. The first-order chi connectivity index (χ1) is 8.38. The van der Waals surface area contributed by atoms with Gasteiger partial charge in [-0.15, -0.1) is 0 Å². The summed E-state index contributed by atoms with van der Waals surface area (Å²) in [4.78, 5) is 33.6. The zero-order valence-corrected chi connectivity index (χ0v) is 10.9. The molecule has 0 unspecified atom stereocenters. The lowest BCUT2D eigenvalue weighted by atomic mass is 10.1. The van der Waals surface area contributed by atoms with E-state index in [0.29, 0.717) is 0 Å². The Labute approximate surface area is 107 Å². The Balaban J connectivity index is 4.34. The number of nitrogens with one attached hydrogen (secondary N) is 1. The van der Waals surface area contributed by atoms with Gasteiger partial charge in [0.1, 0.15) is 6.04 Å². The molecule has 0 saturated carbocycles. The first-order valence-electron chi connectivity index (χ1n) is 5.81. The van der Waals surface area contributed by atoms with Crippen molar-refractivity contribution in [2.24, 2.45) is 11.7 Å². The summed E-state index contributed by atoms with van der Waals surface area (Å²) in [7, 11) is 0. The van der Waals surface area contributed by atoms with Gasteiger partial charge in [0.05, 0.1) is 6.61 Å². The molecule has 0 aromatic carbocycles. The molecule has 3 N–H and O–H groups in total. The molecule has 0 aliphatic rings. The maximum atomic E-state index is 11.4. The summed E-state index contributed by atoms with van der Waals surface area (Å²) in [5, 5.41) is 2.50. The molecule has 0 heterocycles. The van der Waals surface area contributed by atoms with Gasteiger partial charge in [-0.2, -0.15) is 0 Å². The number of carbonyl (C=O) groups is 3. The molecule has 0 aliphatic carbocycles. The van der Waals surface area contributed by atoms with Gasteiger partial charge in [0.15, 0.2) is 0 Å². The fourth-order valence-electron chi connectivity index (χ4n) is 1.08. The van der Waals surface area contributed by atoms with Crippen LogP contribution in [-0.4, -0.2) is 30.4 Å². The van der Waals surface area contributed by atoms with E-state index < -0.39 is 17.9 Å². The SMILES string of the molecule is CCOC(=O)/C=C/C[C@@H](NC(=O)C(C)C)C(N)=O. The molecule has 0 saturated heterocycles. The Morgan fingerprint density at radius 3 is 2.39 bits per heavy atom. The van der Waals surface area contributed by atoms with Crippen LogP contribution in [0.25, 0.3) is 0 Å². The third-order valence-corrected chi connectivity index (χ3v) is 2.10. The molecule has 0 aliphatic heterocycles. The molecule has 6 nitrogen and oxygen atoms in total. The summed E-state index contributed by atoms with van der Waals surface area (Å²) in [5.41, 5.74) is 5.16. The second kappa shape index (κ2) is 8.27. The van der Waals surface area contributed by atoms with Crippen LogP contribution in [0.5, 0.6) is 0 Å². The number of carbonyl (C=O) groups excluding carboxylic acids is 3. The quantitative estimate of drug-likeness (QED) is 0.499. The number of nitrogens with two attached hydrogens (primary N) is 1. The minimum atomic E-state index is -0.814. The van der Waals surface area contributed by atoms with E-state index in [1.54, 1.807) is 20.8 Å². The molecule has 0 fully saturated rings. The van der Waals surface area contributed by atoms with E-state index in [4.69, 9.17) is 5.73 Å². The molecule has 6 heteroatoms. The van der Waals surface area contributed by atoms with E-state index in [9.17, 15) is 14.4 Å². The molecule has 18 heavy (non-hydrogen) atoms. The van der Waals surface area contributed by atoms with E-state index in [1.165, 1.54) is 12.2 Å². The van der Waals surface area contributed by atoms with Gasteiger partial charge in [-0.25, -0.2) is 4.79 Å². The number of hydrogen-bond acceptors (Lipinski definition) is 4. The Kier molecular flexibility index (Phi) is 7.42. The molecule has 102 valence electrons. The van der Waals surface area contributed by atoms with Crippen molar-refractivity contribution in [2.45, 2.75) is 33.2 Å². The van der Waals surface area contributed by atoms with Crippen LogP contribution in [0, 0.1) is 5.92 Å². The summed E-state index contributed by atoms with van der Waals surface area (Å²) < 4.78 is 4.67. The number of primary amides is 1. The average Bonchev–Trinajstić information content (AvgIpc) is 2.27. The summed E-state index contributed by atoms with van der Waals surface area (Å²) >= 11 is 0. The second-order valence-corrected chi connectivity index (χ2v) is 4.01. The Morgan fingerprint density at radius 1 is 1.33 bits per heavy atom. The van der Waals surface area contributed by atoms with E-state index in [1.807, 2.05) is 0 Å². The summed E-state index contributed by atoms with van der Waals surface area (Å²) in [6.45, 7) is 5.40. The van der Waals surface area contributed by atoms with Crippen LogP contribution >= 0.6 is 0 Å². The number of ether oxygens (including phenoxy) is 1. The molecule has 0 radical (unpaired) electrons. The topological polar surface area (TPSA) is 98.5 Å². The minimum absolute atomic E-state index is 0.159. The fourth-order valence-corrected chi connectivity index (χ4v) is 1.08. The number of amides is 2. The maximum absolute atomic E-state index is 11.4. The van der Waals surface area contributed by atoms with Gasteiger partial charge >= 0.3 is 5.97 Å². The highest BCUT2D eigenvalue weighted by molar-refractivity contribution is 5.87. The number of hydrogen-bond donors (Lipinski definition) is 2. The van der Waals surface area contributed by atoms with Crippen molar-refractivity contribution in [3.05, 3.63) is 12.2 Å². The van der Waals surface area contributed by atoms with Crippen molar-refractivity contribution >= 4 is 17.8 Å². The molecule has 0 aromatic heterocycles. The zero-order valence-electron chi connectivity index (χ0n) is 10.9. The van der Waals surface area contributed by atoms with Crippen LogP contribution in [0.2, 0.25) is 0 Å². The van der Waals surface area contributed by atoms with Crippen LogP contribution in [0.1, 0.15) is 27.2 Å². The van der Waals surface area contributed by atoms with Crippen molar-refractivity contribution in [3.63, 3.8) is 0 Å². The molecule has 1 atom stereocenters. The van der Waals surface area contributed by atoms with Crippen LogP contribution in [0.15, 0.2) is 12.2 Å². The number of rotatable bonds is 7. The lowest BCUT2D eigenvalue weighted by Crippen LogP contribution is -2.45. The summed E-state index contributed by atoms with van der Waals surface area (Å²) in [6.07, 6.45) is 2.82. The van der Waals surface area contributed by atoms with Crippen molar-refractivity contribution < 1.29 is 19.1 Å². The van der Waals surface area contributed by atoms with Gasteiger partial charge in [-0.05, 0) is 13.3 Å². The van der Waals surface area contributed by atoms with Gasteiger partial charge in [0.2, 0.25) is 11.8 Å².